The zero-order valence-electron chi connectivity index (χ0n) is 19.8. The Labute approximate surface area is 209 Å². The third-order valence-electron chi connectivity index (χ3n) is 5.00. The van der Waals surface area contributed by atoms with Crippen LogP contribution in [0.3, 0.4) is 0 Å². The van der Waals surface area contributed by atoms with Crippen LogP contribution in [-0.2, 0) is 6.54 Å². The number of urea groups is 1. The normalized spacial score (nSPS) is 10.4. The largest absolute Gasteiger partial charge is 0.490 e. The molecule has 0 spiro atoms. The molecule has 0 saturated heterocycles. The molecular formula is C25H28ClN5O4. The van der Waals surface area contributed by atoms with E-state index < -0.39 is 0 Å². The number of nitrogens with one attached hydrogen (secondary N) is 3. The molecule has 0 unspecified atom stereocenters. The van der Waals surface area contributed by atoms with Crippen molar-refractivity contribution in [3.8, 4) is 17.2 Å². The molecule has 1 heterocycles. The maximum absolute atomic E-state index is 12.5. The Bertz CT molecular complexity index is 1220. The summed E-state index contributed by atoms with van der Waals surface area (Å²) in [5, 5.41) is 8.70. The van der Waals surface area contributed by atoms with E-state index in [9.17, 15) is 9.59 Å². The van der Waals surface area contributed by atoms with Gasteiger partial charge in [0, 0.05) is 43.5 Å². The summed E-state index contributed by atoms with van der Waals surface area (Å²) in [5.74, 6) is 1.29. The molecule has 0 atom stereocenters. The lowest BCUT2D eigenvalue weighted by molar-refractivity contribution is 0.0958. The quantitative estimate of drug-likeness (QED) is 0.351. The number of pyridine rings is 1. The van der Waals surface area contributed by atoms with Gasteiger partial charge in [-0.15, -0.1) is 0 Å². The summed E-state index contributed by atoms with van der Waals surface area (Å²) in [6, 6.07) is 11.8. The van der Waals surface area contributed by atoms with E-state index in [0.717, 1.165) is 16.7 Å². The van der Waals surface area contributed by atoms with Gasteiger partial charge in [0.25, 0.3) is 5.91 Å². The van der Waals surface area contributed by atoms with Gasteiger partial charge in [0.1, 0.15) is 29.5 Å². The van der Waals surface area contributed by atoms with Crippen LogP contribution in [0.25, 0.3) is 0 Å². The van der Waals surface area contributed by atoms with Crippen molar-refractivity contribution in [1.29, 1.82) is 0 Å². The number of aryl methyl sites for hydroxylation is 2. The smallest absolute Gasteiger partial charge is 0.319 e. The number of halogens is 1. The molecule has 0 bridgehead atoms. The van der Waals surface area contributed by atoms with Crippen LogP contribution < -0.4 is 31.2 Å². The summed E-state index contributed by atoms with van der Waals surface area (Å²) in [5.41, 5.74) is 8.85. The topological polar surface area (TPSA) is 128 Å². The highest BCUT2D eigenvalue weighted by Gasteiger charge is 2.12. The number of nitrogens with zero attached hydrogens (tertiary/aromatic N) is 1. The lowest BCUT2D eigenvalue weighted by atomic mass is 10.1. The summed E-state index contributed by atoms with van der Waals surface area (Å²) in [6.45, 7) is 4.68. The highest BCUT2D eigenvalue weighted by Crippen LogP contribution is 2.31. The van der Waals surface area contributed by atoms with Crippen LogP contribution in [0.2, 0.25) is 5.02 Å². The first kappa shape index (κ1) is 25.8. The average molecular weight is 498 g/mol. The number of hydrogen-bond acceptors (Lipinski definition) is 6. The second-order valence-corrected chi connectivity index (χ2v) is 8.11. The summed E-state index contributed by atoms with van der Waals surface area (Å²) >= 11 is 6.18. The fraction of sp³-hybridized carbons (Fsp3) is 0.240. The Morgan fingerprint density at radius 2 is 1.86 bits per heavy atom. The first-order valence-electron chi connectivity index (χ1n) is 10.9. The van der Waals surface area contributed by atoms with E-state index in [4.69, 9.17) is 26.8 Å². The molecular weight excluding hydrogens is 470 g/mol. The van der Waals surface area contributed by atoms with Crippen LogP contribution in [0.5, 0.6) is 17.2 Å². The summed E-state index contributed by atoms with van der Waals surface area (Å²) < 4.78 is 11.5. The van der Waals surface area contributed by atoms with Crippen molar-refractivity contribution in [2.24, 2.45) is 5.73 Å². The maximum Gasteiger partial charge on any atom is 0.319 e. The molecule has 10 heteroatoms. The molecule has 0 aliphatic carbocycles. The van der Waals surface area contributed by atoms with Gasteiger partial charge in [0.15, 0.2) is 0 Å². The Morgan fingerprint density at radius 3 is 2.57 bits per heavy atom. The zero-order valence-corrected chi connectivity index (χ0v) is 20.5. The van der Waals surface area contributed by atoms with Crippen LogP contribution in [0.4, 0.5) is 10.5 Å². The molecule has 1 aromatic heterocycles. The summed E-state index contributed by atoms with van der Waals surface area (Å²) in [7, 11) is 1.54. The number of ether oxygens (including phenoxy) is 2. The molecule has 3 amide bonds. The minimum Gasteiger partial charge on any atom is -0.490 e. The molecule has 0 saturated carbocycles. The number of hydrogen-bond donors (Lipinski definition) is 4. The van der Waals surface area contributed by atoms with Crippen LogP contribution in [-0.4, -0.2) is 37.1 Å². The summed E-state index contributed by atoms with van der Waals surface area (Å²) in [4.78, 5) is 28.3. The number of rotatable bonds is 9. The number of nitrogens with two attached hydrogens (primary N) is 1. The van der Waals surface area contributed by atoms with Crippen molar-refractivity contribution in [3.63, 3.8) is 0 Å². The van der Waals surface area contributed by atoms with Crippen molar-refractivity contribution in [2.75, 3.05) is 25.5 Å². The predicted octanol–water partition coefficient (Wildman–Crippen LogP) is 4.16. The van der Waals surface area contributed by atoms with E-state index in [0.29, 0.717) is 47.7 Å². The van der Waals surface area contributed by atoms with Crippen molar-refractivity contribution < 1.29 is 19.1 Å². The molecule has 0 aliphatic heterocycles. The third kappa shape index (κ3) is 7.08. The molecule has 0 fully saturated rings. The Hall–Kier alpha value is -3.82. The zero-order chi connectivity index (χ0) is 25.4. The Balaban J connectivity index is 1.62. The van der Waals surface area contributed by atoms with Crippen molar-refractivity contribution in [2.45, 2.75) is 20.4 Å². The van der Waals surface area contributed by atoms with Gasteiger partial charge in [-0.25, -0.2) is 4.79 Å². The van der Waals surface area contributed by atoms with Crippen LogP contribution in [0, 0.1) is 13.8 Å². The lowest BCUT2D eigenvalue weighted by Crippen LogP contribution is -2.28. The number of anilines is 1. The van der Waals surface area contributed by atoms with E-state index in [2.05, 4.69) is 20.9 Å². The van der Waals surface area contributed by atoms with Crippen LogP contribution in [0.1, 0.15) is 27.2 Å². The first-order chi connectivity index (χ1) is 16.8. The fourth-order valence-corrected chi connectivity index (χ4v) is 3.34. The molecule has 184 valence electrons. The minimum absolute atomic E-state index is 0.266. The molecule has 0 radical (unpaired) electrons. The van der Waals surface area contributed by atoms with E-state index >= 15 is 0 Å². The molecule has 9 nitrogen and oxygen atoms in total. The maximum atomic E-state index is 12.5. The van der Waals surface area contributed by atoms with Gasteiger partial charge in [-0.3, -0.25) is 9.78 Å². The van der Waals surface area contributed by atoms with E-state index in [-0.39, 0.29) is 17.6 Å². The van der Waals surface area contributed by atoms with Gasteiger partial charge in [0.2, 0.25) is 0 Å². The molecule has 5 N–H and O–H groups in total. The van der Waals surface area contributed by atoms with E-state index in [1.165, 1.54) is 6.20 Å². The molecule has 2 aromatic carbocycles. The molecule has 3 aromatic rings. The van der Waals surface area contributed by atoms with Gasteiger partial charge in [0.05, 0.1) is 5.69 Å². The second-order valence-electron chi connectivity index (χ2n) is 7.70. The van der Waals surface area contributed by atoms with Crippen LogP contribution >= 0.6 is 11.6 Å². The van der Waals surface area contributed by atoms with Crippen molar-refractivity contribution in [3.05, 3.63) is 76.1 Å². The summed E-state index contributed by atoms with van der Waals surface area (Å²) in [6.07, 6.45) is 1.51. The Morgan fingerprint density at radius 1 is 1.06 bits per heavy atom. The minimum atomic E-state index is -0.388. The van der Waals surface area contributed by atoms with Crippen molar-refractivity contribution >= 4 is 29.2 Å². The first-order valence-corrected chi connectivity index (χ1v) is 11.3. The van der Waals surface area contributed by atoms with Gasteiger partial charge < -0.3 is 31.2 Å². The number of aromatic nitrogens is 1. The molecule has 3 rings (SSSR count). The van der Waals surface area contributed by atoms with Gasteiger partial charge >= 0.3 is 6.03 Å². The standard InChI is InChI=1S/C25H28ClN5O4/c1-15-11-20(23(13-19(15)26)34-9-7-27)31-25(33)30-14-17-4-5-22(16(2)10-17)35-18-6-8-29-21(12-18)24(32)28-3/h4-6,8,10-13H,7,9,14,27H2,1-3H3,(H,28,32)(H2,30,31,33). The van der Waals surface area contributed by atoms with Gasteiger partial charge in [-0.2, -0.15) is 0 Å². The SMILES string of the molecule is CNC(=O)c1cc(Oc2ccc(CNC(=O)Nc3cc(C)c(Cl)cc3OCCN)cc2C)ccn1. The van der Waals surface area contributed by atoms with Crippen LogP contribution in [0.15, 0.2) is 48.7 Å². The van der Waals surface area contributed by atoms with Gasteiger partial charge in [-0.05, 0) is 48.7 Å². The number of benzene rings is 2. The monoisotopic (exact) mass is 497 g/mol. The number of amides is 3. The highest BCUT2D eigenvalue weighted by molar-refractivity contribution is 6.31. The van der Waals surface area contributed by atoms with Crippen molar-refractivity contribution in [1.82, 2.24) is 15.6 Å². The average Bonchev–Trinajstić information content (AvgIpc) is 2.85. The molecule has 35 heavy (non-hydrogen) atoms. The van der Waals surface area contributed by atoms with Gasteiger partial charge in [-0.1, -0.05) is 23.7 Å². The third-order valence-corrected chi connectivity index (χ3v) is 5.40. The van der Waals surface area contributed by atoms with E-state index in [1.807, 2.05) is 32.0 Å². The second kappa shape index (κ2) is 12.0. The van der Waals surface area contributed by atoms with E-state index in [1.54, 1.807) is 31.3 Å². The molecule has 0 aliphatic rings. The predicted molar refractivity (Wildman–Crippen MR) is 135 cm³/mol. The Kier molecular flexibility index (Phi) is 8.88. The number of carbonyl (C=O) groups is 2. The highest BCUT2D eigenvalue weighted by atomic mass is 35.5. The lowest BCUT2D eigenvalue weighted by Gasteiger charge is -2.15. The number of carbonyl (C=O) groups excluding carboxylic acids is 2. The fourth-order valence-electron chi connectivity index (χ4n) is 3.19.